The third kappa shape index (κ3) is 4.56. The van der Waals surface area contributed by atoms with Crippen LogP contribution in [0.15, 0.2) is 48.5 Å². The Morgan fingerprint density at radius 3 is 2.79 bits per heavy atom. The molecule has 1 amide bonds. The van der Waals surface area contributed by atoms with Crippen LogP contribution < -0.4 is 5.32 Å². The molecule has 2 aliphatic heterocycles. The number of halogens is 1. The molecule has 1 unspecified atom stereocenters. The van der Waals surface area contributed by atoms with Crippen LogP contribution in [0, 0.1) is 11.7 Å². The van der Waals surface area contributed by atoms with Crippen LogP contribution in [0.3, 0.4) is 0 Å². The molecular weight excluding hydrogens is 547 g/mol. The largest absolute Gasteiger partial charge is 0.505 e. The highest BCUT2D eigenvalue weighted by Crippen LogP contribution is 2.38. The van der Waals surface area contributed by atoms with Crippen LogP contribution in [0.5, 0.6) is 5.75 Å². The smallest absolute Gasteiger partial charge is 0.254 e. The van der Waals surface area contributed by atoms with Crippen molar-refractivity contribution >= 4 is 28.0 Å². The minimum absolute atomic E-state index is 0.0430. The van der Waals surface area contributed by atoms with E-state index in [-0.39, 0.29) is 17.5 Å². The van der Waals surface area contributed by atoms with E-state index in [1.807, 2.05) is 24.1 Å². The molecule has 2 aromatic carbocycles. The summed E-state index contributed by atoms with van der Waals surface area (Å²) in [7, 11) is 2.02. The molecule has 1 aliphatic carbocycles. The molecule has 1 atom stereocenters. The van der Waals surface area contributed by atoms with Gasteiger partial charge in [0, 0.05) is 55.8 Å². The molecule has 3 aromatic heterocycles. The van der Waals surface area contributed by atoms with Crippen molar-refractivity contribution in [1.82, 2.24) is 29.3 Å². The molecule has 0 bridgehead atoms. The molecule has 43 heavy (non-hydrogen) atoms. The van der Waals surface area contributed by atoms with Gasteiger partial charge in [-0.3, -0.25) is 4.79 Å². The van der Waals surface area contributed by atoms with Crippen molar-refractivity contribution < 1.29 is 19.0 Å². The monoisotopic (exact) mass is 580 g/mol. The highest BCUT2D eigenvalue weighted by Gasteiger charge is 2.30. The van der Waals surface area contributed by atoms with Crippen molar-refractivity contribution in [2.75, 3.05) is 32.8 Å². The summed E-state index contributed by atoms with van der Waals surface area (Å²) in [4.78, 5) is 25.5. The van der Waals surface area contributed by atoms with Gasteiger partial charge in [-0.05, 0) is 73.2 Å². The highest BCUT2D eigenvalue weighted by atomic mass is 19.1. The van der Waals surface area contributed by atoms with Gasteiger partial charge in [-0.25, -0.2) is 14.4 Å². The summed E-state index contributed by atoms with van der Waals surface area (Å²) in [5.74, 6) is 0.338. The fourth-order valence-electron chi connectivity index (χ4n) is 6.54. The molecule has 9 nitrogen and oxygen atoms in total. The minimum atomic E-state index is -0.675. The Balaban J connectivity index is 1.20. The van der Waals surface area contributed by atoms with Crippen molar-refractivity contribution in [1.29, 1.82) is 0 Å². The zero-order chi connectivity index (χ0) is 29.2. The number of morpholine rings is 1. The number of amides is 1. The van der Waals surface area contributed by atoms with Crippen LogP contribution in [0.2, 0.25) is 0 Å². The Morgan fingerprint density at radius 2 is 1.98 bits per heavy atom. The quantitative estimate of drug-likeness (QED) is 0.307. The molecule has 0 spiro atoms. The Bertz CT molecular complexity index is 1900. The van der Waals surface area contributed by atoms with E-state index in [0.29, 0.717) is 37.9 Å². The van der Waals surface area contributed by atoms with Crippen LogP contribution >= 0.6 is 0 Å². The first kappa shape index (κ1) is 26.4. The lowest BCUT2D eigenvalue weighted by Gasteiger charge is -2.33. The third-order valence-electron chi connectivity index (χ3n) is 9.08. The topological polar surface area (TPSA) is 97.4 Å². The summed E-state index contributed by atoms with van der Waals surface area (Å²) in [6.07, 6.45) is 3.12. The summed E-state index contributed by atoms with van der Waals surface area (Å²) < 4.78 is 24.7. The fourth-order valence-corrected chi connectivity index (χ4v) is 6.54. The van der Waals surface area contributed by atoms with E-state index in [1.165, 1.54) is 6.07 Å². The number of aryl methyl sites for hydroxylation is 1. The summed E-state index contributed by atoms with van der Waals surface area (Å²) in [5, 5.41) is 14.3. The maximum absolute atomic E-state index is 14.8. The van der Waals surface area contributed by atoms with E-state index in [1.54, 1.807) is 18.2 Å². The van der Waals surface area contributed by atoms with Gasteiger partial charge in [0.2, 0.25) is 0 Å². The number of carbonyl (C=O) groups excluding carboxylic acids is 1. The number of fused-ring (bicyclic) bond motifs is 3. The van der Waals surface area contributed by atoms with E-state index in [9.17, 15) is 14.3 Å². The van der Waals surface area contributed by atoms with E-state index in [4.69, 9.17) is 14.7 Å². The van der Waals surface area contributed by atoms with Gasteiger partial charge in [0.15, 0.2) is 17.4 Å². The predicted octanol–water partition coefficient (Wildman–Crippen LogP) is 4.50. The second-order valence-electron chi connectivity index (χ2n) is 12.1. The van der Waals surface area contributed by atoms with Crippen molar-refractivity contribution in [3.05, 3.63) is 65.5 Å². The van der Waals surface area contributed by atoms with E-state index in [0.717, 1.165) is 77.1 Å². The second-order valence-corrected chi connectivity index (χ2v) is 12.1. The van der Waals surface area contributed by atoms with Crippen molar-refractivity contribution in [2.24, 2.45) is 13.0 Å². The lowest BCUT2D eigenvalue weighted by atomic mass is 9.97. The molecule has 220 valence electrons. The van der Waals surface area contributed by atoms with Gasteiger partial charge in [-0.15, -0.1) is 0 Å². The molecule has 10 heteroatoms. The van der Waals surface area contributed by atoms with Gasteiger partial charge in [-0.2, -0.15) is 0 Å². The molecule has 2 fully saturated rings. The number of benzene rings is 2. The molecule has 5 aromatic rings. The molecule has 1 saturated carbocycles. The number of phenols is 1. The lowest BCUT2D eigenvalue weighted by molar-refractivity contribution is 0.0512. The Kier molecular flexibility index (Phi) is 6.23. The fraction of sp³-hybridized carbons (Fsp3) is 0.364. The normalized spacial score (nSPS) is 19.0. The van der Waals surface area contributed by atoms with Crippen molar-refractivity contribution in [3.63, 3.8) is 0 Å². The van der Waals surface area contributed by atoms with Crippen molar-refractivity contribution in [2.45, 2.75) is 31.8 Å². The summed E-state index contributed by atoms with van der Waals surface area (Å²) >= 11 is 0. The first-order valence-corrected chi connectivity index (χ1v) is 15.0. The molecule has 0 radical (unpaired) electrons. The Labute approximate surface area is 247 Å². The molecule has 8 rings (SSSR count). The first-order valence-electron chi connectivity index (χ1n) is 15.0. The lowest BCUT2D eigenvalue weighted by Crippen LogP contribution is -2.51. The molecule has 3 aliphatic rings. The van der Waals surface area contributed by atoms with Gasteiger partial charge in [0.1, 0.15) is 5.65 Å². The maximum Gasteiger partial charge on any atom is 0.254 e. The van der Waals surface area contributed by atoms with Crippen LogP contribution in [-0.4, -0.2) is 73.9 Å². The van der Waals surface area contributed by atoms with E-state index in [2.05, 4.69) is 26.6 Å². The average Bonchev–Trinajstić information content (AvgIpc) is 3.70. The second kappa shape index (κ2) is 10.2. The van der Waals surface area contributed by atoms with Gasteiger partial charge >= 0.3 is 0 Å². The maximum atomic E-state index is 14.8. The van der Waals surface area contributed by atoms with Gasteiger partial charge in [-0.1, -0.05) is 6.07 Å². The standard InChI is InChI=1S/C33H33FN6O3/c1-38-27-13-20-9-11-39(17-22-18-43-12-10-35-22)33(42)24(20)15-26(27)37-32(38)28-14-21-7-8-25(23-3-2-4-29(41)30(23)34)36-31(21)40(28)16-19-5-6-19/h2-4,7-8,13-15,19,22,35,41H,5-6,9-12,16-18H2,1H3. The third-order valence-corrected chi connectivity index (χ3v) is 9.08. The highest BCUT2D eigenvalue weighted by molar-refractivity contribution is 6.00. The van der Waals surface area contributed by atoms with Gasteiger partial charge in [0.25, 0.3) is 5.91 Å². The number of phenolic OH excluding ortho intramolecular Hbond substituents is 1. The zero-order valence-corrected chi connectivity index (χ0v) is 24.0. The molecular formula is C33H33FN6O3. The first-order chi connectivity index (χ1) is 20.9. The molecule has 1 saturated heterocycles. The van der Waals surface area contributed by atoms with Gasteiger partial charge < -0.3 is 29.2 Å². The number of hydrogen-bond donors (Lipinski definition) is 2. The number of nitrogens with one attached hydrogen (secondary N) is 1. The number of aromatic nitrogens is 4. The predicted molar refractivity (Wildman–Crippen MR) is 161 cm³/mol. The molecule has 5 heterocycles. The van der Waals surface area contributed by atoms with Crippen LogP contribution in [0.1, 0.15) is 28.8 Å². The Hall–Kier alpha value is -4.28. The SMILES string of the molecule is Cn1c(-c2cc3ccc(-c4cccc(O)c4F)nc3n2CC2CC2)nc2cc3c(cc21)CCN(CC1COCCN1)C3=O. The number of imidazole rings is 1. The zero-order valence-electron chi connectivity index (χ0n) is 24.0. The molecule has 2 N–H and O–H groups in total. The number of rotatable bonds is 6. The van der Waals surface area contributed by atoms with Crippen LogP contribution in [-0.2, 0) is 24.8 Å². The summed E-state index contributed by atoms with van der Waals surface area (Å²) in [6.45, 7) is 4.25. The summed E-state index contributed by atoms with van der Waals surface area (Å²) in [5.41, 5.74) is 5.97. The van der Waals surface area contributed by atoms with Gasteiger partial charge in [0.05, 0.1) is 35.6 Å². The number of nitrogens with zero attached hydrogens (tertiary/aromatic N) is 5. The Morgan fingerprint density at radius 1 is 1.09 bits per heavy atom. The number of carbonyl (C=O) groups is 1. The van der Waals surface area contributed by atoms with Crippen LogP contribution in [0.4, 0.5) is 4.39 Å². The van der Waals surface area contributed by atoms with Crippen molar-refractivity contribution in [3.8, 4) is 28.5 Å². The number of pyridine rings is 1. The number of aromatic hydroxyl groups is 1. The van der Waals surface area contributed by atoms with E-state index < -0.39 is 11.6 Å². The van der Waals surface area contributed by atoms with E-state index >= 15 is 0 Å². The van der Waals surface area contributed by atoms with Crippen LogP contribution in [0.25, 0.3) is 44.8 Å². The number of hydrogen-bond acceptors (Lipinski definition) is 6. The number of ether oxygens (including phenoxy) is 1. The minimum Gasteiger partial charge on any atom is -0.505 e. The average molecular weight is 581 g/mol. The summed E-state index contributed by atoms with van der Waals surface area (Å²) in [6, 6.07) is 14.6.